The summed E-state index contributed by atoms with van der Waals surface area (Å²) in [5.74, 6) is 0.646. The van der Waals surface area contributed by atoms with Crippen LogP contribution in [0.1, 0.15) is 29.8 Å². The van der Waals surface area contributed by atoms with Crippen LogP contribution in [0.3, 0.4) is 0 Å². The summed E-state index contributed by atoms with van der Waals surface area (Å²) in [5, 5.41) is 6.73. The van der Waals surface area contributed by atoms with Gasteiger partial charge in [-0.2, -0.15) is 0 Å². The number of aromatic nitrogens is 2. The van der Waals surface area contributed by atoms with Crippen LogP contribution in [0, 0.1) is 13.8 Å². The molecule has 122 valence electrons. The molecule has 23 heavy (non-hydrogen) atoms. The summed E-state index contributed by atoms with van der Waals surface area (Å²) in [7, 11) is 0. The first kappa shape index (κ1) is 17.2. The van der Waals surface area contributed by atoms with E-state index in [0.29, 0.717) is 30.5 Å². The van der Waals surface area contributed by atoms with Gasteiger partial charge in [0.2, 0.25) is 11.9 Å². The zero-order chi connectivity index (χ0) is 16.7. The molecule has 2 aromatic rings. The third kappa shape index (κ3) is 6.24. The van der Waals surface area contributed by atoms with Crippen LogP contribution >= 0.6 is 11.6 Å². The molecule has 0 radical (unpaired) electrons. The fraction of sp³-hybridized carbons (Fsp3) is 0.353. The molecule has 0 saturated heterocycles. The monoisotopic (exact) mass is 332 g/mol. The van der Waals surface area contributed by atoms with E-state index < -0.39 is 0 Å². The van der Waals surface area contributed by atoms with Crippen molar-refractivity contribution in [3.05, 3.63) is 52.3 Å². The lowest BCUT2D eigenvalue weighted by atomic mass is 10.2. The van der Waals surface area contributed by atoms with Gasteiger partial charge in [0.1, 0.15) is 0 Å². The number of rotatable bonds is 7. The number of anilines is 1. The Hall–Kier alpha value is -2.14. The van der Waals surface area contributed by atoms with Crippen molar-refractivity contribution in [1.82, 2.24) is 15.3 Å². The summed E-state index contributed by atoms with van der Waals surface area (Å²) in [4.78, 5) is 20.4. The van der Waals surface area contributed by atoms with Gasteiger partial charge in [0.05, 0.1) is 0 Å². The van der Waals surface area contributed by atoms with Crippen molar-refractivity contribution in [2.24, 2.45) is 0 Å². The van der Waals surface area contributed by atoms with Crippen molar-refractivity contribution in [3.63, 3.8) is 0 Å². The number of halogens is 1. The third-order valence-corrected chi connectivity index (χ3v) is 3.50. The first-order valence-electron chi connectivity index (χ1n) is 7.60. The number of benzene rings is 1. The Morgan fingerprint density at radius 2 is 1.78 bits per heavy atom. The molecule has 0 aliphatic carbocycles. The molecule has 0 unspecified atom stereocenters. The summed E-state index contributed by atoms with van der Waals surface area (Å²) in [6.45, 7) is 5.05. The molecule has 0 spiro atoms. The summed E-state index contributed by atoms with van der Waals surface area (Å²) >= 11 is 5.82. The van der Waals surface area contributed by atoms with Crippen molar-refractivity contribution >= 4 is 23.5 Å². The second-order valence-electron chi connectivity index (χ2n) is 5.41. The fourth-order valence-electron chi connectivity index (χ4n) is 2.15. The first-order chi connectivity index (χ1) is 11.0. The van der Waals surface area contributed by atoms with E-state index in [-0.39, 0.29) is 5.91 Å². The molecule has 0 aliphatic rings. The smallest absolute Gasteiger partial charge is 0.223 e. The summed E-state index contributed by atoms with van der Waals surface area (Å²) in [6, 6.07) is 9.37. The molecular weight excluding hydrogens is 312 g/mol. The zero-order valence-corrected chi connectivity index (χ0v) is 14.2. The van der Waals surface area contributed by atoms with Gasteiger partial charge in [-0.15, -0.1) is 0 Å². The molecule has 2 rings (SSSR count). The first-order valence-corrected chi connectivity index (χ1v) is 7.98. The molecule has 2 N–H and O–H groups in total. The van der Waals surface area contributed by atoms with Crippen molar-refractivity contribution < 1.29 is 4.79 Å². The molecular formula is C17H21ClN4O. The second kappa shape index (κ2) is 8.48. The number of nitrogens with zero attached hydrogens (tertiary/aromatic N) is 2. The SMILES string of the molecule is Cc1cc(C)nc(NCCCC(=O)NCc2ccc(Cl)cc2)n1. The van der Waals surface area contributed by atoms with Gasteiger partial charge in [-0.3, -0.25) is 4.79 Å². The van der Waals surface area contributed by atoms with Crippen molar-refractivity contribution in [3.8, 4) is 0 Å². The molecule has 1 aromatic heterocycles. The molecule has 0 aliphatic heterocycles. The normalized spacial score (nSPS) is 10.4. The highest BCUT2D eigenvalue weighted by atomic mass is 35.5. The highest BCUT2D eigenvalue weighted by Crippen LogP contribution is 2.09. The van der Waals surface area contributed by atoms with Crippen LogP contribution in [0.2, 0.25) is 5.02 Å². The molecule has 5 nitrogen and oxygen atoms in total. The summed E-state index contributed by atoms with van der Waals surface area (Å²) in [5.41, 5.74) is 2.89. The number of amides is 1. The Morgan fingerprint density at radius 3 is 2.43 bits per heavy atom. The third-order valence-electron chi connectivity index (χ3n) is 3.25. The van der Waals surface area contributed by atoms with Gasteiger partial charge in [-0.05, 0) is 44.0 Å². The molecule has 1 aromatic carbocycles. The zero-order valence-electron chi connectivity index (χ0n) is 13.4. The van der Waals surface area contributed by atoms with Crippen molar-refractivity contribution in [1.29, 1.82) is 0 Å². The minimum absolute atomic E-state index is 0.0306. The average Bonchev–Trinajstić information content (AvgIpc) is 2.50. The maximum atomic E-state index is 11.8. The summed E-state index contributed by atoms with van der Waals surface area (Å²) < 4.78 is 0. The van der Waals surface area contributed by atoms with Crippen molar-refractivity contribution in [2.45, 2.75) is 33.2 Å². The molecule has 1 heterocycles. The van der Waals surface area contributed by atoms with E-state index in [9.17, 15) is 4.79 Å². The van der Waals surface area contributed by atoms with Crippen molar-refractivity contribution in [2.75, 3.05) is 11.9 Å². The minimum Gasteiger partial charge on any atom is -0.354 e. The standard InChI is InChI=1S/C17H21ClN4O/c1-12-10-13(2)22-17(21-12)19-9-3-4-16(23)20-11-14-5-7-15(18)8-6-14/h5-8,10H,3-4,9,11H2,1-2H3,(H,20,23)(H,19,21,22). The predicted molar refractivity (Wildman–Crippen MR) is 92.5 cm³/mol. The molecule has 0 saturated carbocycles. The summed E-state index contributed by atoms with van der Waals surface area (Å²) in [6.07, 6.45) is 1.19. The van der Waals surface area contributed by atoms with Crippen LogP contribution in [-0.4, -0.2) is 22.4 Å². The Morgan fingerprint density at radius 1 is 1.13 bits per heavy atom. The van der Waals surface area contributed by atoms with E-state index >= 15 is 0 Å². The van der Waals surface area contributed by atoms with Gasteiger partial charge in [0, 0.05) is 35.9 Å². The van der Waals surface area contributed by atoms with Gasteiger partial charge in [0.15, 0.2) is 0 Å². The molecule has 0 fully saturated rings. The van der Waals surface area contributed by atoms with Crippen LogP contribution in [0.15, 0.2) is 30.3 Å². The van der Waals surface area contributed by atoms with E-state index in [0.717, 1.165) is 23.4 Å². The molecule has 6 heteroatoms. The topological polar surface area (TPSA) is 66.9 Å². The van der Waals surface area contributed by atoms with Gasteiger partial charge in [-0.1, -0.05) is 23.7 Å². The van der Waals surface area contributed by atoms with Gasteiger partial charge in [-0.25, -0.2) is 9.97 Å². The Labute approximate surface area is 141 Å². The van der Waals surface area contributed by atoms with E-state index in [1.807, 2.05) is 44.2 Å². The number of hydrogen-bond acceptors (Lipinski definition) is 4. The highest BCUT2D eigenvalue weighted by molar-refractivity contribution is 6.30. The van der Waals surface area contributed by atoms with Gasteiger partial charge < -0.3 is 10.6 Å². The Balaban J connectivity index is 1.65. The fourth-order valence-corrected chi connectivity index (χ4v) is 2.27. The largest absolute Gasteiger partial charge is 0.354 e. The molecule has 1 amide bonds. The van der Waals surface area contributed by atoms with E-state index in [1.54, 1.807) is 0 Å². The van der Waals surface area contributed by atoms with E-state index in [4.69, 9.17) is 11.6 Å². The quantitative estimate of drug-likeness (QED) is 0.764. The van der Waals surface area contributed by atoms with Crippen LogP contribution < -0.4 is 10.6 Å². The second-order valence-corrected chi connectivity index (χ2v) is 5.84. The van der Waals surface area contributed by atoms with Crippen LogP contribution in [0.4, 0.5) is 5.95 Å². The average molecular weight is 333 g/mol. The number of carbonyl (C=O) groups excluding carboxylic acids is 1. The lowest BCUT2D eigenvalue weighted by Gasteiger charge is -2.07. The van der Waals surface area contributed by atoms with Crippen LogP contribution in [0.25, 0.3) is 0 Å². The minimum atomic E-state index is 0.0306. The van der Waals surface area contributed by atoms with Gasteiger partial charge >= 0.3 is 0 Å². The van der Waals surface area contributed by atoms with Crippen LogP contribution in [-0.2, 0) is 11.3 Å². The highest BCUT2D eigenvalue weighted by Gasteiger charge is 2.03. The Bertz CT molecular complexity index is 638. The van der Waals surface area contributed by atoms with Gasteiger partial charge in [0.25, 0.3) is 0 Å². The van der Waals surface area contributed by atoms with E-state index in [2.05, 4.69) is 20.6 Å². The predicted octanol–water partition coefficient (Wildman–Crippen LogP) is 3.26. The number of aryl methyl sites for hydroxylation is 2. The maximum Gasteiger partial charge on any atom is 0.223 e. The Kier molecular flexibility index (Phi) is 6.35. The number of nitrogens with one attached hydrogen (secondary N) is 2. The number of carbonyl (C=O) groups is 1. The van der Waals surface area contributed by atoms with Crippen LogP contribution in [0.5, 0.6) is 0 Å². The lowest BCUT2D eigenvalue weighted by molar-refractivity contribution is -0.121. The van der Waals surface area contributed by atoms with E-state index in [1.165, 1.54) is 0 Å². The molecule has 0 atom stereocenters. The maximum absolute atomic E-state index is 11.8. The lowest BCUT2D eigenvalue weighted by Crippen LogP contribution is -2.23. The molecule has 0 bridgehead atoms. The number of hydrogen-bond donors (Lipinski definition) is 2.